The van der Waals surface area contributed by atoms with Crippen LogP contribution >= 0.6 is 22.9 Å². The van der Waals surface area contributed by atoms with E-state index in [4.69, 9.17) is 21.4 Å². The number of carboxylic acids is 1. The molecule has 2 aromatic heterocycles. The van der Waals surface area contributed by atoms with Gasteiger partial charge in [0.2, 0.25) is 0 Å². The van der Waals surface area contributed by atoms with Crippen molar-refractivity contribution in [3.63, 3.8) is 0 Å². The van der Waals surface area contributed by atoms with Gasteiger partial charge in [0.15, 0.2) is 0 Å². The van der Waals surface area contributed by atoms with E-state index < -0.39 is 5.97 Å². The molecule has 6 nitrogen and oxygen atoms in total. The third-order valence-electron chi connectivity index (χ3n) is 5.10. The number of benzene rings is 1. The second-order valence-corrected chi connectivity index (χ2v) is 8.59. The lowest BCUT2D eigenvalue weighted by atomic mass is 9.97. The van der Waals surface area contributed by atoms with E-state index in [0.29, 0.717) is 29.6 Å². The Morgan fingerprint density at radius 1 is 1.31 bits per heavy atom. The van der Waals surface area contributed by atoms with Crippen molar-refractivity contribution in [1.29, 1.82) is 0 Å². The fraction of sp³-hybridized carbons (Fsp3) is 0.381. The van der Waals surface area contributed by atoms with Gasteiger partial charge in [-0.25, -0.2) is 9.97 Å². The first kappa shape index (κ1) is 19.9. The van der Waals surface area contributed by atoms with E-state index in [-0.39, 0.29) is 6.42 Å². The number of thiophene rings is 1. The summed E-state index contributed by atoms with van der Waals surface area (Å²) in [5.41, 5.74) is 2.36. The molecule has 1 aromatic carbocycles. The smallest absolute Gasteiger partial charge is 0.303 e. The average Bonchev–Trinajstić information content (AvgIpc) is 3.09. The monoisotopic (exact) mass is 431 g/mol. The summed E-state index contributed by atoms with van der Waals surface area (Å²) >= 11 is 7.96. The number of aromatic nitrogens is 2. The highest BCUT2D eigenvalue weighted by atomic mass is 35.5. The number of nitrogens with zero attached hydrogens (tertiary/aromatic N) is 2. The molecule has 1 aliphatic rings. The summed E-state index contributed by atoms with van der Waals surface area (Å²) in [7, 11) is 1.59. The van der Waals surface area contributed by atoms with Crippen LogP contribution in [0.2, 0.25) is 5.02 Å². The number of aryl methyl sites for hydroxylation is 3. The highest BCUT2D eigenvalue weighted by molar-refractivity contribution is 7.19. The molecule has 29 heavy (non-hydrogen) atoms. The van der Waals surface area contributed by atoms with Crippen molar-refractivity contribution >= 4 is 44.9 Å². The number of ether oxygens (including phenoxy) is 1. The van der Waals surface area contributed by atoms with Crippen LogP contribution < -0.4 is 10.1 Å². The Morgan fingerprint density at radius 2 is 2.14 bits per heavy atom. The third-order valence-corrected chi connectivity index (χ3v) is 6.58. The number of carboxylic acid groups (broad SMARTS) is 1. The minimum atomic E-state index is -0.846. The van der Waals surface area contributed by atoms with Gasteiger partial charge in [-0.3, -0.25) is 4.79 Å². The lowest BCUT2D eigenvalue weighted by Crippen LogP contribution is -2.08. The van der Waals surface area contributed by atoms with Crippen LogP contribution in [-0.4, -0.2) is 28.2 Å². The van der Waals surface area contributed by atoms with Crippen LogP contribution in [-0.2, 0) is 30.6 Å². The molecule has 0 fully saturated rings. The number of fused-ring (bicyclic) bond motifs is 3. The maximum absolute atomic E-state index is 11.0. The number of carbonyl (C=O) groups is 1. The fourth-order valence-corrected chi connectivity index (χ4v) is 5.23. The van der Waals surface area contributed by atoms with Gasteiger partial charge in [0.05, 0.1) is 23.9 Å². The molecule has 0 spiro atoms. The average molecular weight is 432 g/mol. The van der Waals surface area contributed by atoms with E-state index in [0.717, 1.165) is 34.4 Å². The number of methoxy groups -OCH3 is 1. The Hall–Kier alpha value is -2.38. The first-order valence-electron chi connectivity index (χ1n) is 9.64. The molecule has 152 valence electrons. The van der Waals surface area contributed by atoms with E-state index in [1.807, 2.05) is 18.2 Å². The normalized spacial score (nSPS) is 13.3. The number of aliphatic carboxylic acids is 1. The summed E-state index contributed by atoms with van der Waals surface area (Å²) in [6.45, 7) is 0.554. The molecule has 0 saturated heterocycles. The van der Waals surface area contributed by atoms with Crippen molar-refractivity contribution in [3.8, 4) is 5.75 Å². The predicted octanol–water partition coefficient (Wildman–Crippen LogP) is 4.86. The fourth-order valence-electron chi connectivity index (χ4n) is 3.67. The molecule has 0 radical (unpaired) electrons. The zero-order valence-corrected chi connectivity index (χ0v) is 17.7. The van der Waals surface area contributed by atoms with Crippen molar-refractivity contribution in [2.24, 2.45) is 0 Å². The number of rotatable bonds is 7. The molecule has 8 heteroatoms. The molecular formula is C21H22ClN3O3S. The Bertz CT molecular complexity index is 1070. The van der Waals surface area contributed by atoms with E-state index >= 15 is 0 Å². The van der Waals surface area contributed by atoms with Crippen LogP contribution in [0.15, 0.2) is 18.2 Å². The Balaban J connectivity index is 1.67. The molecule has 0 amide bonds. The van der Waals surface area contributed by atoms with Crippen molar-refractivity contribution in [3.05, 3.63) is 45.1 Å². The van der Waals surface area contributed by atoms with Gasteiger partial charge >= 0.3 is 5.97 Å². The van der Waals surface area contributed by atoms with Gasteiger partial charge in [0.1, 0.15) is 22.2 Å². The molecule has 0 aliphatic heterocycles. The van der Waals surface area contributed by atoms with Crippen molar-refractivity contribution < 1.29 is 14.6 Å². The van der Waals surface area contributed by atoms with E-state index in [2.05, 4.69) is 15.3 Å². The quantitative estimate of drug-likeness (QED) is 0.555. The second kappa shape index (κ2) is 8.55. The molecule has 0 atom stereocenters. The van der Waals surface area contributed by atoms with Gasteiger partial charge in [-0.15, -0.1) is 11.3 Å². The van der Waals surface area contributed by atoms with E-state index in [1.54, 1.807) is 18.4 Å². The van der Waals surface area contributed by atoms with Crippen LogP contribution in [0.1, 0.15) is 41.1 Å². The summed E-state index contributed by atoms with van der Waals surface area (Å²) in [6.07, 6.45) is 4.82. The topological polar surface area (TPSA) is 84.3 Å². The molecule has 2 N–H and O–H groups in total. The van der Waals surface area contributed by atoms with Gasteiger partial charge in [-0.2, -0.15) is 0 Å². The van der Waals surface area contributed by atoms with Gasteiger partial charge in [0, 0.05) is 17.8 Å². The van der Waals surface area contributed by atoms with Gasteiger partial charge in [-0.1, -0.05) is 17.7 Å². The van der Waals surface area contributed by atoms with Crippen LogP contribution in [0.3, 0.4) is 0 Å². The summed E-state index contributed by atoms with van der Waals surface area (Å²) in [4.78, 5) is 22.7. The first-order valence-corrected chi connectivity index (χ1v) is 10.8. The largest absolute Gasteiger partial charge is 0.495 e. The zero-order chi connectivity index (χ0) is 20.4. The molecular weight excluding hydrogens is 410 g/mol. The standard InChI is InChI=1S/C21H22ClN3O3S/c1-28-15-7-6-12(10-14(15)22)11-23-20-19-13-4-2-3-5-16(13)29-21(19)25-17(24-20)8-9-18(26)27/h6-7,10H,2-5,8-9,11H2,1H3,(H,26,27)(H,23,24,25). The lowest BCUT2D eigenvalue weighted by molar-refractivity contribution is -0.137. The number of nitrogens with one attached hydrogen (secondary N) is 1. The third kappa shape index (κ3) is 4.31. The Kier molecular flexibility index (Phi) is 5.87. The summed E-state index contributed by atoms with van der Waals surface area (Å²) in [6, 6.07) is 5.68. The van der Waals surface area contributed by atoms with Crippen molar-refractivity contribution in [1.82, 2.24) is 9.97 Å². The van der Waals surface area contributed by atoms with Crippen molar-refractivity contribution in [2.75, 3.05) is 12.4 Å². The number of anilines is 1. The highest BCUT2D eigenvalue weighted by Gasteiger charge is 2.21. The molecule has 1 aliphatic carbocycles. The maximum atomic E-state index is 11.0. The number of hydrogen-bond acceptors (Lipinski definition) is 6. The lowest BCUT2D eigenvalue weighted by Gasteiger charge is -2.14. The van der Waals surface area contributed by atoms with Crippen LogP contribution in [0, 0.1) is 0 Å². The molecule has 4 rings (SSSR count). The van der Waals surface area contributed by atoms with Crippen LogP contribution in [0.25, 0.3) is 10.2 Å². The van der Waals surface area contributed by atoms with Gasteiger partial charge in [0.25, 0.3) is 0 Å². The van der Waals surface area contributed by atoms with E-state index in [9.17, 15) is 4.79 Å². The first-order chi connectivity index (χ1) is 14.0. The number of hydrogen-bond donors (Lipinski definition) is 2. The highest BCUT2D eigenvalue weighted by Crippen LogP contribution is 2.39. The summed E-state index contributed by atoms with van der Waals surface area (Å²) in [5.74, 6) is 1.14. The molecule has 0 unspecified atom stereocenters. The Morgan fingerprint density at radius 3 is 2.90 bits per heavy atom. The van der Waals surface area contributed by atoms with Crippen molar-refractivity contribution in [2.45, 2.75) is 45.1 Å². The molecule has 2 heterocycles. The van der Waals surface area contributed by atoms with Gasteiger partial charge in [-0.05, 0) is 48.9 Å². The minimum Gasteiger partial charge on any atom is -0.495 e. The molecule has 0 saturated carbocycles. The SMILES string of the molecule is COc1ccc(CNc2nc(CCC(=O)O)nc3sc4c(c23)CCCC4)cc1Cl. The Labute approximate surface area is 177 Å². The van der Waals surface area contributed by atoms with Crippen LogP contribution in [0.4, 0.5) is 5.82 Å². The molecule has 3 aromatic rings. The summed E-state index contributed by atoms with van der Waals surface area (Å²) in [5, 5.41) is 14.1. The zero-order valence-electron chi connectivity index (χ0n) is 16.1. The van der Waals surface area contributed by atoms with E-state index in [1.165, 1.54) is 23.3 Å². The summed E-state index contributed by atoms with van der Waals surface area (Å²) < 4.78 is 5.21. The number of halogens is 1. The molecule has 0 bridgehead atoms. The maximum Gasteiger partial charge on any atom is 0.303 e. The van der Waals surface area contributed by atoms with Gasteiger partial charge < -0.3 is 15.2 Å². The second-order valence-electron chi connectivity index (χ2n) is 7.10. The minimum absolute atomic E-state index is 0.0180. The van der Waals surface area contributed by atoms with Crippen LogP contribution in [0.5, 0.6) is 5.75 Å². The predicted molar refractivity (Wildman–Crippen MR) is 115 cm³/mol.